The molecular formula is C22H25BrN4O2S. The van der Waals surface area contributed by atoms with Gasteiger partial charge in [0, 0.05) is 17.2 Å². The number of nitrogens with zero attached hydrogens (tertiary/aromatic N) is 3. The molecule has 1 aromatic heterocycles. The number of amides is 1. The van der Waals surface area contributed by atoms with Crippen LogP contribution >= 0.6 is 27.7 Å². The topological polar surface area (TPSA) is 69.0 Å². The summed E-state index contributed by atoms with van der Waals surface area (Å²) in [5, 5.41) is 12.1. The van der Waals surface area contributed by atoms with Gasteiger partial charge in [0.05, 0.1) is 5.75 Å². The van der Waals surface area contributed by atoms with Gasteiger partial charge >= 0.3 is 0 Å². The van der Waals surface area contributed by atoms with Crippen LogP contribution < -0.4 is 10.1 Å². The fraction of sp³-hybridized carbons (Fsp3) is 0.318. The van der Waals surface area contributed by atoms with Crippen molar-refractivity contribution in [1.29, 1.82) is 0 Å². The molecule has 0 saturated heterocycles. The minimum Gasteiger partial charge on any atom is -0.483 e. The SMILES string of the molecule is CCc1ccc(O[C@H](C)c2nnc(SCC(=O)Nc3ccc(Br)cc3C)n2C)cc1. The van der Waals surface area contributed by atoms with E-state index in [1.165, 1.54) is 17.3 Å². The molecule has 6 nitrogen and oxygen atoms in total. The zero-order chi connectivity index (χ0) is 21.7. The Labute approximate surface area is 189 Å². The number of rotatable bonds is 8. The number of thioether (sulfide) groups is 1. The Kier molecular flexibility index (Phi) is 7.55. The van der Waals surface area contributed by atoms with Crippen LogP contribution in [0.25, 0.3) is 0 Å². The fourth-order valence-electron chi connectivity index (χ4n) is 2.95. The lowest BCUT2D eigenvalue weighted by Gasteiger charge is -2.14. The molecule has 1 heterocycles. The molecular weight excluding hydrogens is 464 g/mol. The Morgan fingerprint density at radius 1 is 1.23 bits per heavy atom. The van der Waals surface area contributed by atoms with Crippen molar-refractivity contribution in [3.8, 4) is 5.75 Å². The van der Waals surface area contributed by atoms with Gasteiger partial charge in [-0.25, -0.2) is 0 Å². The zero-order valence-electron chi connectivity index (χ0n) is 17.5. The molecule has 0 unspecified atom stereocenters. The first-order valence-corrected chi connectivity index (χ1v) is 11.5. The summed E-state index contributed by atoms with van der Waals surface area (Å²) in [4.78, 5) is 12.3. The zero-order valence-corrected chi connectivity index (χ0v) is 19.9. The van der Waals surface area contributed by atoms with E-state index in [-0.39, 0.29) is 17.8 Å². The van der Waals surface area contributed by atoms with Crippen molar-refractivity contribution in [2.75, 3.05) is 11.1 Å². The van der Waals surface area contributed by atoms with Gasteiger partial charge in [-0.05, 0) is 61.7 Å². The molecule has 30 heavy (non-hydrogen) atoms. The smallest absolute Gasteiger partial charge is 0.234 e. The Balaban J connectivity index is 1.58. The summed E-state index contributed by atoms with van der Waals surface area (Å²) in [7, 11) is 1.88. The molecule has 3 rings (SSSR count). The molecule has 0 aliphatic carbocycles. The summed E-state index contributed by atoms with van der Waals surface area (Å²) < 4.78 is 8.86. The van der Waals surface area contributed by atoms with Crippen molar-refractivity contribution in [1.82, 2.24) is 14.8 Å². The van der Waals surface area contributed by atoms with Crippen LogP contribution in [0.2, 0.25) is 0 Å². The third-order valence-corrected chi connectivity index (χ3v) is 6.19. The monoisotopic (exact) mass is 488 g/mol. The molecule has 0 bridgehead atoms. The van der Waals surface area contributed by atoms with Crippen molar-refractivity contribution in [2.24, 2.45) is 7.05 Å². The second-order valence-electron chi connectivity index (χ2n) is 6.95. The molecule has 0 radical (unpaired) electrons. The third kappa shape index (κ3) is 5.64. The van der Waals surface area contributed by atoms with Crippen molar-refractivity contribution in [2.45, 2.75) is 38.5 Å². The Morgan fingerprint density at radius 2 is 1.97 bits per heavy atom. The molecule has 0 saturated carbocycles. The Bertz CT molecular complexity index is 1020. The Hall–Kier alpha value is -2.32. The highest BCUT2D eigenvalue weighted by atomic mass is 79.9. The number of aryl methyl sites for hydroxylation is 2. The average molecular weight is 489 g/mol. The summed E-state index contributed by atoms with van der Waals surface area (Å²) in [6.07, 6.45) is 0.734. The molecule has 1 atom stereocenters. The van der Waals surface area contributed by atoms with Gasteiger partial charge in [-0.3, -0.25) is 4.79 Å². The van der Waals surface area contributed by atoms with Gasteiger partial charge in [0.25, 0.3) is 0 Å². The lowest BCUT2D eigenvalue weighted by molar-refractivity contribution is -0.113. The van der Waals surface area contributed by atoms with Gasteiger partial charge in [-0.1, -0.05) is 46.7 Å². The second-order valence-corrected chi connectivity index (χ2v) is 8.81. The maximum absolute atomic E-state index is 12.3. The van der Waals surface area contributed by atoms with Gasteiger partial charge in [-0.2, -0.15) is 0 Å². The first kappa shape index (κ1) is 22.4. The predicted molar refractivity (Wildman–Crippen MR) is 124 cm³/mol. The van der Waals surface area contributed by atoms with Crippen molar-refractivity contribution in [3.05, 3.63) is 63.9 Å². The van der Waals surface area contributed by atoms with Gasteiger partial charge in [-0.15, -0.1) is 10.2 Å². The number of ether oxygens (including phenoxy) is 1. The first-order valence-electron chi connectivity index (χ1n) is 9.71. The van der Waals surface area contributed by atoms with E-state index in [4.69, 9.17) is 4.74 Å². The van der Waals surface area contributed by atoms with Crippen LogP contribution in [0.1, 0.15) is 36.9 Å². The normalized spacial score (nSPS) is 11.9. The van der Waals surface area contributed by atoms with Gasteiger partial charge in [0.15, 0.2) is 17.1 Å². The van der Waals surface area contributed by atoms with Crippen LogP contribution in [0.15, 0.2) is 52.1 Å². The predicted octanol–water partition coefficient (Wildman–Crippen LogP) is 5.32. The maximum Gasteiger partial charge on any atom is 0.234 e. The molecule has 0 aliphatic rings. The number of aromatic nitrogens is 3. The summed E-state index contributed by atoms with van der Waals surface area (Å²) in [6, 6.07) is 13.8. The Morgan fingerprint density at radius 3 is 2.63 bits per heavy atom. The highest BCUT2D eigenvalue weighted by Crippen LogP contribution is 2.25. The highest BCUT2D eigenvalue weighted by molar-refractivity contribution is 9.10. The van der Waals surface area contributed by atoms with Crippen LogP contribution in [-0.2, 0) is 18.3 Å². The lowest BCUT2D eigenvalue weighted by Crippen LogP contribution is -2.15. The van der Waals surface area contributed by atoms with Crippen LogP contribution in [0.3, 0.4) is 0 Å². The molecule has 8 heteroatoms. The molecule has 2 aromatic carbocycles. The number of carbonyl (C=O) groups is 1. The largest absolute Gasteiger partial charge is 0.483 e. The van der Waals surface area contributed by atoms with E-state index in [0.29, 0.717) is 11.0 Å². The standard InChI is InChI=1S/C22H25BrN4O2S/c1-5-16-6-9-18(10-7-16)29-15(3)21-25-26-22(27(21)4)30-13-20(28)24-19-11-8-17(23)12-14(19)2/h6-12,15H,5,13H2,1-4H3,(H,24,28)/t15-/m1/s1. The van der Waals surface area contributed by atoms with Crippen molar-refractivity contribution in [3.63, 3.8) is 0 Å². The number of halogens is 1. The van der Waals surface area contributed by atoms with E-state index in [1.807, 2.05) is 55.8 Å². The van der Waals surface area contributed by atoms with E-state index >= 15 is 0 Å². The summed E-state index contributed by atoms with van der Waals surface area (Å²) in [5.74, 6) is 1.66. The molecule has 3 aromatic rings. The number of carbonyl (C=O) groups excluding carboxylic acids is 1. The van der Waals surface area contributed by atoms with E-state index in [1.54, 1.807) is 0 Å². The summed E-state index contributed by atoms with van der Waals surface area (Å²) >= 11 is 4.77. The average Bonchev–Trinajstić information content (AvgIpc) is 3.09. The van der Waals surface area contributed by atoms with Crippen molar-refractivity contribution < 1.29 is 9.53 Å². The van der Waals surface area contributed by atoms with E-state index < -0.39 is 0 Å². The van der Waals surface area contributed by atoms with Crippen LogP contribution in [0, 0.1) is 6.92 Å². The number of hydrogen-bond acceptors (Lipinski definition) is 5. The maximum atomic E-state index is 12.3. The second kappa shape index (κ2) is 10.1. The van der Waals surface area contributed by atoms with E-state index in [2.05, 4.69) is 50.5 Å². The van der Waals surface area contributed by atoms with Gasteiger partial charge in [0.2, 0.25) is 5.91 Å². The molecule has 0 aliphatic heterocycles. The summed E-state index contributed by atoms with van der Waals surface area (Å²) in [6.45, 7) is 6.02. The van der Waals surface area contributed by atoms with Crippen LogP contribution in [-0.4, -0.2) is 26.4 Å². The third-order valence-electron chi connectivity index (χ3n) is 4.67. The molecule has 0 fully saturated rings. The number of benzene rings is 2. The van der Waals surface area contributed by atoms with Crippen LogP contribution in [0.5, 0.6) is 5.75 Å². The van der Waals surface area contributed by atoms with E-state index in [0.717, 1.165) is 27.9 Å². The highest BCUT2D eigenvalue weighted by Gasteiger charge is 2.18. The van der Waals surface area contributed by atoms with Crippen LogP contribution in [0.4, 0.5) is 5.69 Å². The van der Waals surface area contributed by atoms with Gasteiger partial charge < -0.3 is 14.6 Å². The molecule has 158 valence electrons. The van der Waals surface area contributed by atoms with Crippen molar-refractivity contribution >= 4 is 39.3 Å². The minimum absolute atomic E-state index is 0.0877. The lowest BCUT2D eigenvalue weighted by atomic mass is 10.2. The summed E-state index contributed by atoms with van der Waals surface area (Å²) in [5.41, 5.74) is 3.07. The fourth-order valence-corrected chi connectivity index (χ4v) is 4.14. The number of nitrogens with one attached hydrogen (secondary N) is 1. The quantitative estimate of drug-likeness (QED) is 0.434. The number of anilines is 1. The first-order chi connectivity index (χ1) is 14.4. The molecule has 1 N–H and O–H groups in total. The minimum atomic E-state index is -0.261. The van der Waals surface area contributed by atoms with E-state index in [9.17, 15) is 4.79 Å². The molecule has 1 amide bonds. The number of hydrogen-bond donors (Lipinski definition) is 1. The molecule has 0 spiro atoms. The van der Waals surface area contributed by atoms with Gasteiger partial charge in [0.1, 0.15) is 5.75 Å².